The minimum atomic E-state index is -1.00. The molecule has 1 rings (SSSR count). The number of hydrogen-bond donors (Lipinski definition) is 3. The fourth-order valence-corrected chi connectivity index (χ4v) is 2.43. The van der Waals surface area contributed by atoms with E-state index >= 15 is 0 Å². The number of carboxylic acids is 1. The molecule has 0 aliphatic heterocycles. The first kappa shape index (κ1) is 15.8. The van der Waals surface area contributed by atoms with Crippen molar-refractivity contribution in [3.8, 4) is 0 Å². The zero-order chi connectivity index (χ0) is 14.6. The van der Waals surface area contributed by atoms with Crippen LogP contribution in [0.3, 0.4) is 0 Å². The first-order valence-electron chi connectivity index (χ1n) is 6.65. The number of carbonyl (C=O) groups is 2. The third-order valence-corrected chi connectivity index (χ3v) is 3.95. The Morgan fingerprint density at radius 1 is 1.47 bits per heavy atom. The van der Waals surface area contributed by atoms with Crippen LogP contribution in [-0.2, 0) is 9.53 Å². The van der Waals surface area contributed by atoms with Crippen LogP contribution in [0.25, 0.3) is 0 Å². The number of amides is 2. The molecular weight excluding hydrogens is 248 g/mol. The highest BCUT2D eigenvalue weighted by atomic mass is 16.5. The lowest BCUT2D eigenvalue weighted by Gasteiger charge is -2.51. The van der Waals surface area contributed by atoms with Crippen molar-refractivity contribution >= 4 is 12.0 Å². The molecule has 1 saturated carbocycles. The highest BCUT2D eigenvalue weighted by Gasteiger charge is 2.49. The molecule has 110 valence electrons. The third kappa shape index (κ3) is 3.59. The molecule has 3 unspecified atom stereocenters. The van der Waals surface area contributed by atoms with Gasteiger partial charge in [-0.05, 0) is 12.8 Å². The maximum Gasteiger partial charge on any atom is 0.326 e. The normalized spacial score (nSPS) is 26.1. The zero-order valence-electron chi connectivity index (χ0n) is 12.0. The molecule has 0 aromatic heterocycles. The van der Waals surface area contributed by atoms with Crippen LogP contribution in [0, 0.1) is 5.41 Å². The number of rotatable bonds is 6. The van der Waals surface area contributed by atoms with Crippen molar-refractivity contribution in [1.29, 1.82) is 0 Å². The molecule has 0 aromatic carbocycles. The summed E-state index contributed by atoms with van der Waals surface area (Å²) in [6.45, 7) is 5.93. The number of ether oxygens (including phenoxy) is 1. The SMILES string of the molecule is CCCC(NC(=O)NC1CC(OC)C1(C)C)C(=O)O. The fraction of sp³-hybridized carbons (Fsp3) is 0.846. The van der Waals surface area contributed by atoms with Gasteiger partial charge in [0.25, 0.3) is 0 Å². The van der Waals surface area contributed by atoms with E-state index in [1.165, 1.54) is 0 Å². The van der Waals surface area contributed by atoms with Crippen molar-refractivity contribution in [2.45, 2.75) is 58.2 Å². The molecule has 0 radical (unpaired) electrons. The van der Waals surface area contributed by atoms with Gasteiger partial charge in [0.1, 0.15) is 6.04 Å². The summed E-state index contributed by atoms with van der Waals surface area (Å²) in [5.74, 6) is -1.00. The summed E-state index contributed by atoms with van der Waals surface area (Å²) in [7, 11) is 1.66. The van der Waals surface area contributed by atoms with Crippen molar-refractivity contribution in [2.24, 2.45) is 5.41 Å². The van der Waals surface area contributed by atoms with Gasteiger partial charge in [-0.1, -0.05) is 27.2 Å². The summed E-state index contributed by atoms with van der Waals surface area (Å²) >= 11 is 0. The van der Waals surface area contributed by atoms with Crippen molar-refractivity contribution < 1.29 is 19.4 Å². The average Bonchev–Trinajstić information content (AvgIpc) is 2.33. The van der Waals surface area contributed by atoms with Crippen LogP contribution in [0.4, 0.5) is 4.79 Å². The summed E-state index contributed by atoms with van der Waals surface area (Å²) in [4.78, 5) is 22.7. The number of carbonyl (C=O) groups excluding carboxylic acids is 1. The van der Waals surface area contributed by atoms with E-state index in [0.717, 1.165) is 6.42 Å². The molecule has 0 spiro atoms. The molecule has 0 bridgehead atoms. The predicted octanol–water partition coefficient (Wildman–Crippen LogP) is 1.35. The number of aliphatic carboxylic acids is 1. The van der Waals surface area contributed by atoms with E-state index in [2.05, 4.69) is 10.6 Å². The van der Waals surface area contributed by atoms with E-state index in [9.17, 15) is 9.59 Å². The second-order valence-electron chi connectivity index (χ2n) is 5.63. The third-order valence-electron chi connectivity index (χ3n) is 3.95. The Morgan fingerprint density at radius 2 is 2.11 bits per heavy atom. The Balaban J connectivity index is 2.46. The van der Waals surface area contributed by atoms with E-state index in [1.807, 2.05) is 20.8 Å². The molecule has 0 aromatic rings. The molecule has 3 N–H and O–H groups in total. The van der Waals surface area contributed by atoms with Gasteiger partial charge in [-0.2, -0.15) is 0 Å². The maximum atomic E-state index is 11.8. The van der Waals surface area contributed by atoms with E-state index in [4.69, 9.17) is 9.84 Å². The Morgan fingerprint density at radius 3 is 2.53 bits per heavy atom. The number of hydrogen-bond acceptors (Lipinski definition) is 3. The number of carboxylic acid groups (broad SMARTS) is 1. The van der Waals surface area contributed by atoms with Gasteiger partial charge < -0.3 is 20.5 Å². The smallest absolute Gasteiger partial charge is 0.326 e. The molecule has 1 aliphatic carbocycles. The van der Waals surface area contributed by atoms with E-state index < -0.39 is 18.0 Å². The second kappa shape index (κ2) is 6.23. The minimum Gasteiger partial charge on any atom is -0.480 e. The number of urea groups is 1. The largest absolute Gasteiger partial charge is 0.480 e. The van der Waals surface area contributed by atoms with Gasteiger partial charge >= 0.3 is 12.0 Å². The lowest BCUT2D eigenvalue weighted by Crippen LogP contribution is -2.63. The molecule has 19 heavy (non-hydrogen) atoms. The zero-order valence-corrected chi connectivity index (χ0v) is 12.0. The van der Waals surface area contributed by atoms with Crippen LogP contribution in [0.5, 0.6) is 0 Å². The van der Waals surface area contributed by atoms with Gasteiger partial charge in [0.2, 0.25) is 0 Å². The molecule has 0 heterocycles. The lowest BCUT2D eigenvalue weighted by atomic mass is 9.64. The van der Waals surface area contributed by atoms with Crippen LogP contribution in [0.15, 0.2) is 0 Å². The highest BCUT2D eigenvalue weighted by molar-refractivity contribution is 5.82. The van der Waals surface area contributed by atoms with Crippen molar-refractivity contribution in [3.05, 3.63) is 0 Å². The fourth-order valence-electron chi connectivity index (χ4n) is 2.43. The van der Waals surface area contributed by atoms with Crippen LogP contribution in [0.2, 0.25) is 0 Å². The lowest BCUT2D eigenvalue weighted by molar-refractivity contribution is -0.139. The van der Waals surface area contributed by atoms with Crippen LogP contribution < -0.4 is 10.6 Å². The first-order valence-corrected chi connectivity index (χ1v) is 6.65. The molecular formula is C13H24N2O4. The van der Waals surface area contributed by atoms with Crippen LogP contribution in [0.1, 0.15) is 40.0 Å². The summed E-state index contributed by atoms with van der Waals surface area (Å²) in [5, 5.41) is 14.3. The summed E-state index contributed by atoms with van der Waals surface area (Å²) in [5.41, 5.74) is -0.129. The summed E-state index contributed by atoms with van der Waals surface area (Å²) < 4.78 is 5.31. The van der Waals surface area contributed by atoms with Gasteiger partial charge in [0.15, 0.2) is 0 Å². The molecule has 1 fully saturated rings. The molecule has 3 atom stereocenters. The topological polar surface area (TPSA) is 87.7 Å². The Hall–Kier alpha value is -1.30. The molecule has 6 nitrogen and oxygen atoms in total. The van der Waals surface area contributed by atoms with Crippen molar-refractivity contribution in [2.75, 3.05) is 7.11 Å². The quantitative estimate of drug-likeness (QED) is 0.681. The maximum absolute atomic E-state index is 11.8. The standard InChI is InChI=1S/C13H24N2O4/c1-5-6-8(11(16)17)14-12(18)15-9-7-10(19-4)13(9,2)3/h8-10H,5-7H2,1-4H3,(H,16,17)(H2,14,15,18). The average molecular weight is 272 g/mol. The number of nitrogens with one attached hydrogen (secondary N) is 2. The van der Waals surface area contributed by atoms with Crippen molar-refractivity contribution in [3.63, 3.8) is 0 Å². The van der Waals surface area contributed by atoms with Crippen LogP contribution >= 0.6 is 0 Å². The Kier molecular flexibility index (Phi) is 5.17. The van der Waals surface area contributed by atoms with Gasteiger partial charge in [0.05, 0.1) is 6.10 Å². The van der Waals surface area contributed by atoms with E-state index in [0.29, 0.717) is 12.8 Å². The monoisotopic (exact) mass is 272 g/mol. The Labute approximate surface area is 113 Å². The van der Waals surface area contributed by atoms with Gasteiger partial charge in [-0.3, -0.25) is 0 Å². The molecule has 6 heteroatoms. The minimum absolute atomic E-state index is 0.00789. The van der Waals surface area contributed by atoms with E-state index in [1.54, 1.807) is 7.11 Å². The molecule has 1 aliphatic rings. The van der Waals surface area contributed by atoms with Crippen LogP contribution in [-0.4, -0.2) is 42.4 Å². The van der Waals surface area contributed by atoms with E-state index in [-0.39, 0.29) is 17.6 Å². The molecule has 2 amide bonds. The molecule has 0 saturated heterocycles. The second-order valence-corrected chi connectivity index (χ2v) is 5.63. The first-order chi connectivity index (χ1) is 8.82. The Bertz CT molecular complexity index is 344. The van der Waals surface area contributed by atoms with Gasteiger partial charge in [-0.15, -0.1) is 0 Å². The summed E-state index contributed by atoms with van der Waals surface area (Å²) in [6, 6.07) is -1.24. The highest BCUT2D eigenvalue weighted by Crippen LogP contribution is 2.42. The number of methoxy groups -OCH3 is 1. The van der Waals surface area contributed by atoms with Gasteiger partial charge in [-0.25, -0.2) is 9.59 Å². The summed E-state index contributed by atoms with van der Waals surface area (Å²) in [6.07, 6.45) is 2.02. The predicted molar refractivity (Wildman–Crippen MR) is 71.0 cm³/mol. The van der Waals surface area contributed by atoms with Gasteiger partial charge in [0, 0.05) is 18.6 Å². The van der Waals surface area contributed by atoms with Crippen molar-refractivity contribution in [1.82, 2.24) is 10.6 Å².